The Kier molecular flexibility index (Phi) is 8.20. The molecule has 3 N–H and O–H groups in total. The van der Waals surface area contributed by atoms with E-state index in [1.54, 1.807) is 47.4 Å². The maximum Gasteiger partial charge on any atom is 0.321 e. The van der Waals surface area contributed by atoms with Crippen molar-refractivity contribution in [3.63, 3.8) is 0 Å². The molecule has 0 spiro atoms. The third kappa shape index (κ3) is 6.40. The summed E-state index contributed by atoms with van der Waals surface area (Å²) in [6.45, 7) is 5.57. The summed E-state index contributed by atoms with van der Waals surface area (Å²) in [7, 11) is 0. The van der Waals surface area contributed by atoms with Crippen LogP contribution in [0.15, 0.2) is 42.5 Å². The maximum atomic E-state index is 13.1. The van der Waals surface area contributed by atoms with Gasteiger partial charge < -0.3 is 30.3 Å². The lowest BCUT2D eigenvalue weighted by atomic mass is 9.88. The molecule has 2 heterocycles. The van der Waals surface area contributed by atoms with Gasteiger partial charge in [-0.05, 0) is 61.1 Å². The number of hydrogen-bond acceptors (Lipinski definition) is 5. The number of ether oxygens (including phenoxy) is 2. The zero-order chi connectivity index (χ0) is 25.7. The SMILES string of the molecule is CC(C)CNC(=O)[C@@H](NC(=O)c1ccc2c(c1)OCO2)C1CCN(C(=O)Nc2cccc(Cl)c2)CC1. The van der Waals surface area contributed by atoms with Gasteiger partial charge in [0, 0.05) is 35.9 Å². The summed E-state index contributed by atoms with van der Waals surface area (Å²) in [5, 5.41) is 9.27. The van der Waals surface area contributed by atoms with Crippen molar-refractivity contribution in [2.24, 2.45) is 11.8 Å². The van der Waals surface area contributed by atoms with E-state index in [-0.39, 0.29) is 36.5 Å². The highest BCUT2D eigenvalue weighted by Crippen LogP contribution is 2.32. The molecule has 1 fully saturated rings. The van der Waals surface area contributed by atoms with Gasteiger partial charge in [-0.15, -0.1) is 0 Å². The molecule has 0 bridgehead atoms. The van der Waals surface area contributed by atoms with Crippen molar-refractivity contribution in [1.29, 1.82) is 0 Å². The van der Waals surface area contributed by atoms with Crippen LogP contribution in [0.2, 0.25) is 5.02 Å². The van der Waals surface area contributed by atoms with Gasteiger partial charge in [0.1, 0.15) is 6.04 Å². The third-order valence-corrected chi connectivity index (χ3v) is 6.50. The number of carbonyl (C=O) groups excluding carboxylic acids is 3. The van der Waals surface area contributed by atoms with Crippen LogP contribution in [0.25, 0.3) is 0 Å². The monoisotopic (exact) mass is 514 g/mol. The number of piperidine rings is 1. The lowest BCUT2D eigenvalue weighted by molar-refractivity contribution is -0.124. The molecule has 0 aliphatic carbocycles. The number of nitrogens with one attached hydrogen (secondary N) is 3. The predicted octanol–water partition coefficient (Wildman–Crippen LogP) is 3.88. The minimum atomic E-state index is -0.722. The van der Waals surface area contributed by atoms with E-state index in [0.717, 1.165) is 0 Å². The summed E-state index contributed by atoms with van der Waals surface area (Å²) in [6, 6.07) is 11.0. The highest BCUT2D eigenvalue weighted by atomic mass is 35.5. The number of hydrogen-bond donors (Lipinski definition) is 3. The normalized spacial score (nSPS) is 15.9. The van der Waals surface area contributed by atoms with Crippen molar-refractivity contribution in [3.8, 4) is 11.5 Å². The quantitative estimate of drug-likeness (QED) is 0.519. The van der Waals surface area contributed by atoms with E-state index in [9.17, 15) is 14.4 Å². The van der Waals surface area contributed by atoms with Crippen molar-refractivity contribution in [3.05, 3.63) is 53.1 Å². The number of amides is 4. The molecule has 4 rings (SSSR count). The molecule has 0 unspecified atom stereocenters. The zero-order valence-electron chi connectivity index (χ0n) is 20.4. The van der Waals surface area contributed by atoms with E-state index >= 15 is 0 Å². The first-order valence-electron chi connectivity index (χ1n) is 12.1. The second kappa shape index (κ2) is 11.5. The number of benzene rings is 2. The minimum Gasteiger partial charge on any atom is -0.454 e. The molecular formula is C26H31ClN4O5. The third-order valence-electron chi connectivity index (χ3n) is 6.26. The van der Waals surface area contributed by atoms with E-state index in [2.05, 4.69) is 16.0 Å². The van der Waals surface area contributed by atoms with Gasteiger partial charge in [0.05, 0.1) is 0 Å². The van der Waals surface area contributed by atoms with Crippen LogP contribution in [0.5, 0.6) is 11.5 Å². The van der Waals surface area contributed by atoms with E-state index in [1.165, 1.54) is 0 Å². The Morgan fingerprint density at radius 3 is 2.53 bits per heavy atom. The Morgan fingerprint density at radius 2 is 1.81 bits per heavy atom. The van der Waals surface area contributed by atoms with Crippen LogP contribution < -0.4 is 25.4 Å². The summed E-state index contributed by atoms with van der Waals surface area (Å²) in [6.07, 6.45) is 1.15. The van der Waals surface area contributed by atoms with Crippen LogP contribution in [0.3, 0.4) is 0 Å². The molecule has 2 aromatic carbocycles. The Bertz CT molecular complexity index is 1120. The fraction of sp³-hybridized carbons (Fsp3) is 0.423. The van der Waals surface area contributed by atoms with E-state index in [1.807, 2.05) is 13.8 Å². The predicted molar refractivity (Wildman–Crippen MR) is 136 cm³/mol. The van der Waals surface area contributed by atoms with Crippen LogP contribution in [0.1, 0.15) is 37.0 Å². The van der Waals surface area contributed by atoms with Crippen LogP contribution in [-0.2, 0) is 4.79 Å². The lowest BCUT2D eigenvalue weighted by Gasteiger charge is -2.36. The highest BCUT2D eigenvalue weighted by molar-refractivity contribution is 6.30. The topological polar surface area (TPSA) is 109 Å². The number of likely N-dealkylation sites (tertiary alicyclic amines) is 1. The van der Waals surface area contributed by atoms with Crippen LogP contribution in [-0.4, -0.2) is 55.2 Å². The van der Waals surface area contributed by atoms with Crippen molar-refractivity contribution in [1.82, 2.24) is 15.5 Å². The Labute approximate surface area is 215 Å². The molecule has 4 amide bonds. The first-order chi connectivity index (χ1) is 17.3. The van der Waals surface area contributed by atoms with Gasteiger partial charge >= 0.3 is 6.03 Å². The number of rotatable bonds is 7. The van der Waals surface area contributed by atoms with Gasteiger partial charge in [-0.2, -0.15) is 0 Å². The molecule has 192 valence electrons. The van der Waals surface area contributed by atoms with Gasteiger partial charge in [-0.3, -0.25) is 9.59 Å². The molecule has 9 nitrogen and oxygen atoms in total. The average Bonchev–Trinajstić information content (AvgIpc) is 3.34. The molecule has 0 aromatic heterocycles. The smallest absolute Gasteiger partial charge is 0.321 e. The molecule has 10 heteroatoms. The highest BCUT2D eigenvalue weighted by Gasteiger charge is 2.34. The number of halogens is 1. The molecule has 1 atom stereocenters. The summed E-state index contributed by atoms with van der Waals surface area (Å²) >= 11 is 6.01. The largest absolute Gasteiger partial charge is 0.454 e. The van der Waals surface area contributed by atoms with Crippen molar-refractivity contribution >= 4 is 35.1 Å². The Balaban J connectivity index is 1.40. The molecule has 0 saturated carbocycles. The standard InChI is InChI=1S/C26H31ClN4O5/c1-16(2)14-28-25(33)23(30-24(32)18-6-7-21-22(12-18)36-15-35-21)17-8-10-31(11-9-17)26(34)29-20-5-3-4-19(27)13-20/h3-7,12-13,16-17,23H,8-11,14-15H2,1-2H3,(H,28,33)(H,29,34)(H,30,32)/t23-/m0/s1. The van der Waals surface area contributed by atoms with Crippen molar-refractivity contribution in [2.75, 3.05) is 31.7 Å². The van der Waals surface area contributed by atoms with Crippen LogP contribution in [0, 0.1) is 11.8 Å². The van der Waals surface area contributed by atoms with Gasteiger partial charge in [0.25, 0.3) is 5.91 Å². The Morgan fingerprint density at radius 1 is 1.06 bits per heavy atom. The summed E-state index contributed by atoms with van der Waals surface area (Å²) in [4.78, 5) is 40.6. The summed E-state index contributed by atoms with van der Waals surface area (Å²) in [5.41, 5.74) is 1.01. The van der Waals surface area contributed by atoms with Gasteiger partial charge in [0.2, 0.25) is 12.7 Å². The van der Waals surface area contributed by atoms with Crippen LogP contribution in [0.4, 0.5) is 10.5 Å². The molecular weight excluding hydrogens is 484 g/mol. The first kappa shape index (κ1) is 25.6. The summed E-state index contributed by atoms with van der Waals surface area (Å²) < 4.78 is 10.7. The van der Waals surface area contributed by atoms with E-state index < -0.39 is 6.04 Å². The molecule has 1 saturated heterocycles. The van der Waals surface area contributed by atoms with Gasteiger partial charge in [0.15, 0.2) is 11.5 Å². The molecule has 36 heavy (non-hydrogen) atoms. The lowest BCUT2D eigenvalue weighted by Crippen LogP contribution is -2.54. The molecule has 0 radical (unpaired) electrons. The summed E-state index contributed by atoms with van der Waals surface area (Å²) in [5.74, 6) is 0.656. The van der Waals surface area contributed by atoms with Gasteiger partial charge in [-0.25, -0.2) is 4.79 Å². The first-order valence-corrected chi connectivity index (χ1v) is 12.5. The van der Waals surface area contributed by atoms with Crippen molar-refractivity contribution < 1.29 is 23.9 Å². The fourth-order valence-corrected chi connectivity index (χ4v) is 4.47. The number of nitrogens with zero attached hydrogens (tertiary/aromatic N) is 1. The average molecular weight is 515 g/mol. The van der Waals surface area contributed by atoms with Crippen molar-refractivity contribution in [2.45, 2.75) is 32.7 Å². The number of anilines is 1. The minimum absolute atomic E-state index is 0.115. The van der Waals surface area contributed by atoms with E-state index in [0.29, 0.717) is 60.2 Å². The number of urea groups is 1. The van der Waals surface area contributed by atoms with Gasteiger partial charge in [-0.1, -0.05) is 31.5 Å². The number of carbonyl (C=O) groups is 3. The maximum absolute atomic E-state index is 13.1. The molecule has 2 aromatic rings. The molecule has 2 aliphatic rings. The molecule has 2 aliphatic heterocycles. The Hall–Kier alpha value is -3.46. The zero-order valence-corrected chi connectivity index (χ0v) is 21.1. The second-order valence-electron chi connectivity index (χ2n) is 9.42. The second-order valence-corrected chi connectivity index (χ2v) is 9.86. The van der Waals surface area contributed by atoms with E-state index in [4.69, 9.17) is 21.1 Å². The number of fused-ring (bicyclic) bond motifs is 1. The fourth-order valence-electron chi connectivity index (χ4n) is 4.28. The van der Waals surface area contributed by atoms with Crippen LogP contribution >= 0.6 is 11.6 Å².